The van der Waals surface area contributed by atoms with E-state index in [0.29, 0.717) is 29.9 Å². The maximum absolute atomic E-state index is 14.2. The summed E-state index contributed by atoms with van der Waals surface area (Å²) in [5.74, 6) is 0.345. The highest BCUT2D eigenvalue weighted by Crippen LogP contribution is 2.44. The van der Waals surface area contributed by atoms with Gasteiger partial charge < -0.3 is 19.1 Å². The third kappa shape index (κ3) is 5.23. The Kier molecular flexibility index (Phi) is 7.66. The van der Waals surface area contributed by atoms with Gasteiger partial charge in [-0.3, -0.25) is 4.79 Å². The highest BCUT2D eigenvalue weighted by molar-refractivity contribution is 7.14. The Morgan fingerprint density at radius 3 is 2.40 bits per heavy atom. The smallest absolute Gasteiger partial charge is 0.350 e. The summed E-state index contributed by atoms with van der Waals surface area (Å²) in [7, 11) is 1.43. The van der Waals surface area contributed by atoms with Gasteiger partial charge in [-0.15, -0.1) is 11.3 Å². The van der Waals surface area contributed by atoms with Gasteiger partial charge in [-0.25, -0.2) is 4.79 Å². The normalized spacial score (nSPS) is 28.8. The highest BCUT2D eigenvalue weighted by Gasteiger charge is 2.44. The van der Waals surface area contributed by atoms with Gasteiger partial charge in [0, 0.05) is 35.6 Å². The summed E-state index contributed by atoms with van der Waals surface area (Å²) >= 11 is 1.51. The van der Waals surface area contributed by atoms with Crippen LogP contribution in [0.5, 0.6) is 0 Å². The number of nitrogens with zero attached hydrogens (tertiary/aromatic N) is 1. The van der Waals surface area contributed by atoms with Crippen LogP contribution in [0.15, 0.2) is 18.2 Å². The molecule has 2 saturated carbocycles. The van der Waals surface area contributed by atoms with Crippen LogP contribution in [0.4, 0.5) is 5.69 Å². The number of esters is 1. The molecular formula is C28H39NO5S. The maximum Gasteiger partial charge on any atom is 0.350 e. The lowest BCUT2D eigenvalue weighted by Crippen LogP contribution is -2.49. The van der Waals surface area contributed by atoms with E-state index in [1.807, 2.05) is 4.90 Å². The molecule has 0 radical (unpaired) electrons. The van der Waals surface area contributed by atoms with E-state index in [0.717, 1.165) is 81.2 Å². The number of allylic oxidation sites excluding steroid dienone is 2. The summed E-state index contributed by atoms with van der Waals surface area (Å²) in [5.41, 5.74) is 0.758. The summed E-state index contributed by atoms with van der Waals surface area (Å²) in [5, 5.41) is 0. The first-order valence-electron chi connectivity index (χ1n) is 13.5. The average molecular weight is 502 g/mol. The number of amides is 1. The number of thiophene rings is 1. The molecule has 3 fully saturated rings. The van der Waals surface area contributed by atoms with Crippen LogP contribution in [0.3, 0.4) is 0 Å². The van der Waals surface area contributed by atoms with Crippen LogP contribution in [0.25, 0.3) is 0 Å². The highest BCUT2D eigenvalue weighted by atomic mass is 32.1. The number of hydrogen-bond acceptors (Lipinski definition) is 6. The number of anilines is 1. The van der Waals surface area contributed by atoms with E-state index in [2.05, 4.69) is 25.1 Å². The molecule has 0 bridgehead atoms. The number of methoxy groups -OCH3 is 1. The van der Waals surface area contributed by atoms with E-state index < -0.39 is 5.79 Å². The van der Waals surface area contributed by atoms with Gasteiger partial charge in [0.25, 0.3) is 0 Å². The molecule has 7 heteroatoms. The summed E-state index contributed by atoms with van der Waals surface area (Å²) in [6.07, 6.45) is 15.0. The van der Waals surface area contributed by atoms with Crippen LogP contribution in [0, 0.1) is 11.8 Å². The lowest BCUT2D eigenvalue weighted by molar-refractivity contribution is -0.179. The number of ether oxygens (including phenoxy) is 3. The molecule has 6 nitrogen and oxygen atoms in total. The molecule has 1 aromatic rings. The van der Waals surface area contributed by atoms with Crippen LogP contribution in [-0.2, 0) is 19.0 Å². The molecule has 1 saturated heterocycles. The van der Waals surface area contributed by atoms with Gasteiger partial charge >= 0.3 is 5.97 Å². The van der Waals surface area contributed by atoms with E-state index in [4.69, 9.17) is 14.2 Å². The van der Waals surface area contributed by atoms with Crippen LogP contribution in [0.2, 0.25) is 0 Å². The molecule has 4 aliphatic rings. The monoisotopic (exact) mass is 501 g/mol. The van der Waals surface area contributed by atoms with Gasteiger partial charge in [-0.05, 0) is 69.8 Å². The fourth-order valence-corrected chi connectivity index (χ4v) is 7.52. The number of rotatable bonds is 5. The van der Waals surface area contributed by atoms with Crippen LogP contribution in [-0.4, -0.2) is 44.0 Å². The molecular weight excluding hydrogens is 462 g/mol. The number of hydrogen-bond donors (Lipinski definition) is 0. The summed E-state index contributed by atoms with van der Waals surface area (Å²) in [4.78, 5) is 30.8. The lowest BCUT2D eigenvalue weighted by Gasteiger charge is -2.42. The molecule has 0 N–H and O–H groups in total. The summed E-state index contributed by atoms with van der Waals surface area (Å²) in [6.45, 7) is 3.56. The van der Waals surface area contributed by atoms with Crippen molar-refractivity contribution in [1.29, 1.82) is 0 Å². The molecule has 192 valence electrons. The number of carbonyl (C=O) groups is 2. The zero-order valence-corrected chi connectivity index (χ0v) is 21.9. The molecule has 1 atom stereocenters. The Morgan fingerprint density at radius 2 is 1.77 bits per heavy atom. The van der Waals surface area contributed by atoms with E-state index in [9.17, 15) is 9.59 Å². The van der Waals surface area contributed by atoms with Crippen molar-refractivity contribution in [3.63, 3.8) is 0 Å². The molecule has 2 heterocycles. The van der Waals surface area contributed by atoms with Crippen molar-refractivity contribution >= 4 is 28.9 Å². The Balaban J connectivity index is 1.48. The zero-order valence-electron chi connectivity index (χ0n) is 21.1. The first-order chi connectivity index (χ1) is 17.0. The van der Waals surface area contributed by atoms with Gasteiger partial charge in [0.05, 0.1) is 26.0 Å². The van der Waals surface area contributed by atoms with Gasteiger partial charge in [0.15, 0.2) is 5.79 Å². The molecule has 5 rings (SSSR count). The van der Waals surface area contributed by atoms with Gasteiger partial charge in [-0.1, -0.05) is 19.1 Å². The largest absolute Gasteiger partial charge is 0.465 e. The maximum atomic E-state index is 14.2. The molecule has 1 amide bonds. The van der Waals surface area contributed by atoms with E-state index >= 15 is 0 Å². The van der Waals surface area contributed by atoms with Crippen molar-refractivity contribution in [1.82, 2.24) is 0 Å². The first kappa shape index (κ1) is 25.0. The summed E-state index contributed by atoms with van der Waals surface area (Å²) in [6, 6.07) is 2.15. The molecule has 1 aromatic heterocycles. The lowest BCUT2D eigenvalue weighted by atomic mass is 9.81. The first-order valence-corrected chi connectivity index (χ1v) is 14.3. The van der Waals surface area contributed by atoms with Crippen molar-refractivity contribution in [2.45, 2.75) is 95.3 Å². The summed E-state index contributed by atoms with van der Waals surface area (Å²) < 4.78 is 17.1. The second-order valence-corrected chi connectivity index (χ2v) is 11.9. The SMILES string of the molecule is COC(=O)c1sc(C2C=CCCC2)cc1N(C(=O)C1CCC(C)CC1)C1CCC2(CC1)OCCO2. The average Bonchev–Trinajstić information content (AvgIpc) is 3.54. The van der Waals surface area contributed by atoms with E-state index in [1.54, 1.807) is 0 Å². The minimum Gasteiger partial charge on any atom is -0.465 e. The van der Waals surface area contributed by atoms with Crippen LogP contribution >= 0.6 is 11.3 Å². The van der Waals surface area contributed by atoms with Crippen molar-refractivity contribution in [3.8, 4) is 0 Å². The fourth-order valence-electron chi connectivity index (χ4n) is 6.34. The van der Waals surface area contributed by atoms with Crippen LogP contribution in [0.1, 0.15) is 98.0 Å². The van der Waals surface area contributed by atoms with Crippen molar-refractivity contribution in [2.24, 2.45) is 11.8 Å². The topological polar surface area (TPSA) is 65.1 Å². The Morgan fingerprint density at radius 1 is 1.06 bits per heavy atom. The Bertz CT molecular complexity index is 931. The molecule has 3 aliphatic carbocycles. The zero-order chi connectivity index (χ0) is 24.4. The minimum absolute atomic E-state index is 0.0180. The molecule has 0 aromatic carbocycles. The third-order valence-corrected chi connectivity index (χ3v) is 9.72. The second kappa shape index (κ2) is 10.7. The van der Waals surface area contributed by atoms with Gasteiger partial charge in [0.1, 0.15) is 4.88 Å². The Hall–Kier alpha value is -1.70. The van der Waals surface area contributed by atoms with E-state index in [-0.39, 0.29) is 23.8 Å². The van der Waals surface area contributed by atoms with Gasteiger partial charge in [0.2, 0.25) is 5.91 Å². The molecule has 1 aliphatic heterocycles. The van der Waals surface area contributed by atoms with Crippen molar-refractivity contribution in [3.05, 3.63) is 28.0 Å². The second-order valence-electron chi connectivity index (χ2n) is 10.8. The third-order valence-electron chi connectivity index (χ3n) is 8.48. The standard InChI is InChI=1S/C28H39NO5S/c1-19-8-10-21(11-9-19)26(30)29(22-12-14-28(15-13-22)33-16-17-34-28)23-18-24(20-6-4-3-5-7-20)35-25(23)27(31)32-2/h4,6,18-22H,3,5,7-17H2,1-2H3. The van der Waals surface area contributed by atoms with Gasteiger partial charge in [-0.2, -0.15) is 0 Å². The van der Waals surface area contributed by atoms with Crippen molar-refractivity contribution in [2.75, 3.05) is 25.2 Å². The molecule has 1 unspecified atom stereocenters. The van der Waals surface area contributed by atoms with Crippen LogP contribution < -0.4 is 4.90 Å². The Labute approximate surface area is 213 Å². The number of carbonyl (C=O) groups excluding carboxylic acids is 2. The fraction of sp³-hybridized carbons (Fsp3) is 0.714. The predicted octanol–water partition coefficient (Wildman–Crippen LogP) is 6.20. The van der Waals surface area contributed by atoms with E-state index in [1.165, 1.54) is 18.4 Å². The molecule has 1 spiro atoms. The molecule has 35 heavy (non-hydrogen) atoms. The minimum atomic E-state index is -0.483. The predicted molar refractivity (Wildman–Crippen MR) is 137 cm³/mol. The van der Waals surface area contributed by atoms with Crippen molar-refractivity contribution < 1.29 is 23.8 Å². The quantitative estimate of drug-likeness (QED) is 0.355.